The average Bonchev–Trinajstić information content (AvgIpc) is 3.67. The molecule has 0 unspecified atom stereocenters. The molecule has 47 heavy (non-hydrogen) atoms. The van der Waals surface area contributed by atoms with Crippen molar-refractivity contribution in [1.82, 2.24) is 0 Å². The van der Waals surface area contributed by atoms with Gasteiger partial charge in [0.2, 0.25) is 0 Å². The van der Waals surface area contributed by atoms with Gasteiger partial charge in [-0.05, 0) is 101 Å². The van der Waals surface area contributed by atoms with E-state index in [2.05, 4.69) is 0 Å². The summed E-state index contributed by atoms with van der Waals surface area (Å²) >= 11 is 0. The number of para-hydroxylation sites is 1. The lowest BCUT2D eigenvalue weighted by Crippen LogP contribution is -1.92. The highest BCUT2D eigenvalue weighted by molar-refractivity contribution is 6.26. The maximum absolute atomic E-state index is 10.3. The summed E-state index contributed by atoms with van der Waals surface area (Å²) in [7, 11) is 0. The lowest BCUT2D eigenvalue weighted by atomic mass is 9.83. The summed E-state index contributed by atoms with van der Waals surface area (Å²) in [5.41, 5.74) is -0.238. The van der Waals surface area contributed by atoms with Gasteiger partial charge in [0.25, 0.3) is 0 Å². The van der Waals surface area contributed by atoms with Gasteiger partial charge in [-0.15, -0.1) is 0 Å². The number of hydrogen-bond acceptors (Lipinski definition) is 1. The normalized spacial score (nSPS) is 16.0. The predicted octanol–water partition coefficient (Wildman–Crippen LogP) is 13.2. The molecular weight excluding hydrogens is 569 g/mol. The Bertz CT molecular complexity index is 3630. The zero-order valence-electron chi connectivity index (χ0n) is 38.5. The molecule has 1 heterocycles. The van der Waals surface area contributed by atoms with E-state index < -0.39 is 72.5 Å². The smallest absolute Gasteiger partial charge is 0.136 e. The highest BCUT2D eigenvalue weighted by atomic mass is 16.3. The van der Waals surface area contributed by atoms with Crippen molar-refractivity contribution in [3.8, 4) is 33.4 Å². The van der Waals surface area contributed by atoms with Gasteiger partial charge in [-0.1, -0.05) is 145 Å². The van der Waals surface area contributed by atoms with Crippen LogP contribution < -0.4 is 0 Å². The standard InChI is InChI=1S/C46H28O/c1-2-13-29(14-3-1)44-35-19-8-9-20-36(35)45(39-22-12-24-43-46(39)38-21-10-11-23-42(38)47-43)41-28-31(25-26-37(41)44)40-27-30-15-4-5-16-32(30)33-17-6-7-18-34(33)40/h1-28H/i8D,9D,10D,11D,12D,19D,20D,21D,22D,23D,24D,25D,26D,28D. The third-order valence-corrected chi connectivity index (χ3v) is 8.80. The number of hydrogen-bond donors (Lipinski definition) is 0. The zero-order valence-corrected chi connectivity index (χ0v) is 24.5. The van der Waals surface area contributed by atoms with Crippen LogP contribution in [-0.4, -0.2) is 0 Å². The van der Waals surface area contributed by atoms with E-state index in [1.807, 2.05) is 54.6 Å². The first-order chi connectivity index (χ1) is 29.2. The van der Waals surface area contributed by atoms with Crippen molar-refractivity contribution in [2.45, 2.75) is 0 Å². The molecule has 0 N–H and O–H groups in total. The van der Waals surface area contributed by atoms with Gasteiger partial charge < -0.3 is 4.42 Å². The number of furan rings is 1. The summed E-state index contributed by atoms with van der Waals surface area (Å²) in [5.74, 6) is 0. The maximum Gasteiger partial charge on any atom is 0.136 e. The van der Waals surface area contributed by atoms with Crippen LogP contribution in [0.1, 0.15) is 19.2 Å². The van der Waals surface area contributed by atoms with E-state index in [1.165, 1.54) is 0 Å². The van der Waals surface area contributed by atoms with Crippen LogP contribution in [0.25, 0.3) is 98.4 Å². The van der Waals surface area contributed by atoms with Gasteiger partial charge in [0.05, 0.1) is 19.2 Å². The van der Waals surface area contributed by atoms with Crippen LogP contribution in [0, 0.1) is 0 Å². The predicted molar refractivity (Wildman–Crippen MR) is 200 cm³/mol. The second-order valence-electron chi connectivity index (χ2n) is 11.3. The molecule has 0 aliphatic carbocycles. The summed E-state index contributed by atoms with van der Waals surface area (Å²) < 4.78 is 135. The fourth-order valence-corrected chi connectivity index (χ4v) is 6.81. The SMILES string of the molecule is [2H]c1c([2H])c([2H])c2c(oc3c([2H])c([2H])c([2H])c(-c4c5c([2H])c([2H])c([2H])c([2H])c5c(-c5ccccc5)c5c([2H])c([2H])c(-c6cc7ccccc7c7ccccc67)c([2H])c45)c32)c1[2H]. The van der Waals surface area contributed by atoms with Crippen LogP contribution in [-0.2, 0) is 0 Å². The van der Waals surface area contributed by atoms with Crippen molar-refractivity contribution in [1.29, 1.82) is 0 Å². The van der Waals surface area contributed by atoms with E-state index in [0.29, 0.717) is 16.5 Å². The van der Waals surface area contributed by atoms with E-state index in [9.17, 15) is 8.22 Å². The monoisotopic (exact) mass is 610 g/mol. The second-order valence-corrected chi connectivity index (χ2v) is 11.3. The topological polar surface area (TPSA) is 13.1 Å². The fraction of sp³-hybridized carbons (Fsp3) is 0. The first kappa shape index (κ1) is 15.9. The Labute approximate surface area is 291 Å². The Kier molecular flexibility index (Phi) is 3.44. The third-order valence-electron chi connectivity index (χ3n) is 8.80. The molecular formula is C46H28O. The van der Waals surface area contributed by atoms with Gasteiger partial charge in [0.15, 0.2) is 0 Å². The molecule has 0 saturated heterocycles. The summed E-state index contributed by atoms with van der Waals surface area (Å²) in [4.78, 5) is 0. The first-order valence-corrected chi connectivity index (χ1v) is 15.1. The molecule has 0 saturated carbocycles. The van der Waals surface area contributed by atoms with Crippen molar-refractivity contribution < 1.29 is 23.6 Å². The van der Waals surface area contributed by atoms with E-state index >= 15 is 0 Å². The number of rotatable bonds is 3. The van der Waals surface area contributed by atoms with E-state index in [-0.39, 0.29) is 77.8 Å². The average molecular weight is 611 g/mol. The van der Waals surface area contributed by atoms with Crippen LogP contribution >= 0.6 is 0 Å². The molecule has 1 aromatic heterocycles. The first-order valence-electron chi connectivity index (χ1n) is 22.1. The highest BCUT2D eigenvalue weighted by Crippen LogP contribution is 2.48. The molecule has 0 atom stereocenters. The van der Waals surface area contributed by atoms with Crippen LogP contribution in [0.3, 0.4) is 0 Å². The van der Waals surface area contributed by atoms with Crippen LogP contribution in [0.15, 0.2) is 174 Å². The molecule has 9 aromatic carbocycles. The lowest BCUT2D eigenvalue weighted by Gasteiger charge is -2.19. The Morgan fingerprint density at radius 2 is 1.06 bits per heavy atom. The van der Waals surface area contributed by atoms with E-state index in [4.69, 9.17) is 15.4 Å². The number of benzene rings is 9. The Morgan fingerprint density at radius 1 is 0.404 bits per heavy atom. The van der Waals surface area contributed by atoms with Gasteiger partial charge in [-0.3, -0.25) is 0 Å². The second kappa shape index (κ2) is 10.2. The summed E-state index contributed by atoms with van der Waals surface area (Å²) in [6, 6.07) is 17.8. The maximum atomic E-state index is 10.3. The lowest BCUT2D eigenvalue weighted by molar-refractivity contribution is 0.669. The van der Waals surface area contributed by atoms with Crippen molar-refractivity contribution in [3.63, 3.8) is 0 Å². The van der Waals surface area contributed by atoms with Gasteiger partial charge >= 0.3 is 0 Å². The van der Waals surface area contributed by atoms with Crippen molar-refractivity contribution in [2.24, 2.45) is 0 Å². The van der Waals surface area contributed by atoms with Crippen molar-refractivity contribution >= 4 is 65.0 Å². The Morgan fingerprint density at radius 3 is 1.91 bits per heavy atom. The Balaban J connectivity index is 1.57. The van der Waals surface area contributed by atoms with Crippen LogP contribution in [0.2, 0.25) is 0 Å². The molecule has 10 rings (SSSR count). The fourth-order valence-electron chi connectivity index (χ4n) is 6.81. The minimum absolute atomic E-state index is 0.0184. The molecule has 0 aliphatic heterocycles. The van der Waals surface area contributed by atoms with Crippen molar-refractivity contribution in [2.75, 3.05) is 0 Å². The summed E-state index contributed by atoms with van der Waals surface area (Å²) in [6.45, 7) is 0. The minimum Gasteiger partial charge on any atom is -0.456 e. The molecule has 1 heteroatoms. The molecule has 10 aromatic rings. The van der Waals surface area contributed by atoms with E-state index in [1.54, 1.807) is 30.3 Å². The quantitative estimate of drug-likeness (QED) is 0.143. The van der Waals surface area contributed by atoms with Crippen molar-refractivity contribution in [3.05, 3.63) is 170 Å². The number of fused-ring (bicyclic) bond motifs is 8. The zero-order chi connectivity index (χ0) is 43.1. The molecule has 0 spiro atoms. The van der Waals surface area contributed by atoms with E-state index in [0.717, 1.165) is 16.2 Å². The van der Waals surface area contributed by atoms with Crippen LogP contribution in [0.5, 0.6) is 0 Å². The van der Waals surface area contributed by atoms with Gasteiger partial charge in [0, 0.05) is 10.8 Å². The molecule has 1 nitrogen and oxygen atoms in total. The molecule has 0 bridgehead atoms. The van der Waals surface area contributed by atoms with Gasteiger partial charge in [-0.2, -0.15) is 0 Å². The molecule has 218 valence electrons. The largest absolute Gasteiger partial charge is 0.456 e. The molecule has 0 fully saturated rings. The van der Waals surface area contributed by atoms with Gasteiger partial charge in [0.1, 0.15) is 11.2 Å². The van der Waals surface area contributed by atoms with Gasteiger partial charge in [-0.25, -0.2) is 0 Å². The van der Waals surface area contributed by atoms with Crippen LogP contribution in [0.4, 0.5) is 0 Å². The highest BCUT2D eigenvalue weighted by Gasteiger charge is 2.21. The minimum atomic E-state index is -0.679. The Hall–Kier alpha value is -6.18. The summed E-state index contributed by atoms with van der Waals surface area (Å²) in [6.07, 6.45) is 0. The summed E-state index contributed by atoms with van der Waals surface area (Å²) in [5, 5.41) is 2.31. The third kappa shape index (κ3) is 3.90. The molecule has 0 radical (unpaired) electrons. The molecule has 0 aliphatic rings. The molecule has 0 amide bonds.